The first-order valence-corrected chi connectivity index (χ1v) is 7.66. The highest BCUT2D eigenvalue weighted by Crippen LogP contribution is 2.27. The molecular weight excluding hydrogens is 254 g/mol. The Bertz CT molecular complexity index is 399. The van der Waals surface area contributed by atoms with Crippen LogP contribution in [0.2, 0.25) is 0 Å². The van der Waals surface area contributed by atoms with Crippen LogP contribution in [0.1, 0.15) is 39.0 Å². The molecule has 0 radical (unpaired) electrons. The molecule has 0 bridgehead atoms. The Morgan fingerprint density at radius 3 is 2.80 bits per heavy atom. The number of carbonyl (C=O) groups excluding carboxylic acids is 1. The number of aliphatic hydroxyl groups is 1. The molecule has 1 N–H and O–H groups in total. The predicted molar refractivity (Wildman–Crippen MR) is 77.1 cm³/mol. The van der Waals surface area contributed by atoms with Crippen LogP contribution in [0.3, 0.4) is 0 Å². The van der Waals surface area contributed by atoms with Crippen LogP contribution in [0.15, 0.2) is 18.5 Å². The van der Waals surface area contributed by atoms with Gasteiger partial charge < -0.3 is 10.0 Å². The molecule has 0 aliphatic heterocycles. The number of hydrogen-bond donors (Lipinski definition) is 1. The van der Waals surface area contributed by atoms with Crippen LogP contribution in [0.5, 0.6) is 0 Å². The Morgan fingerprint density at radius 1 is 1.45 bits per heavy atom. The summed E-state index contributed by atoms with van der Waals surface area (Å²) in [5.41, 5.74) is 0. The van der Waals surface area contributed by atoms with Crippen molar-refractivity contribution in [3.8, 4) is 0 Å². The van der Waals surface area contributed by atoms with E-state index in [9.17, 15) is 9.90 Å². The molecule has 20 heavy (non-hydrogen) atoms. The van der Waals surface area contributed by atoms with Gasteiger partial charge in [-0.15, -0.1) is 0 Å². The largest absolute Gasteiger partial charge is 0.383 e. The fourth-order valence-electron chi connectivity index (χ4n) is 2.92. The van der Waals surface area contributed by atoms with Crippen molar-refractivity contribution in [3.05, 3.63) is 18.5 Å². The summed E-state index contributed by atoms with van der Waals surface area (Å²) in [6.07, 6.45) is 8.24. The predicted octanol–water partition coefficient (Wildman–Crippen LogP) is 1.67. The third kappa shape index (κ3) is 3.82. The summed E-state index contributed by atoms with van der Waals surface area (Å²) in [5, 5.41) is 14.4. The van der Waals surface area contributed by atoms with Crippen molar-refractivity contribution < 1.29 is 9.90 Å². The maximum Gasteiger partial charge on any atom is 0.251 e. The van der Waals surface area contributed by atoms with E-state index in [2.05, 4.69) is 5.10 Å². The van der Waals surface area contributed by atoms with Crippen molar-refractivity contribution >= 4 is 5.91 Å². The van der Waals surface area contributed by atoms with E-state index in [4.69, 9.17) is 0 Å². The molecule has 1 saturated carbocycles. The van der Waals surface area contributed by atoms with E-state index < -0.39 is 6.10 Å². The zero-order valence-corrected chi connectivity index (χ0v) is 12.2. The van der Waals surface area contributed by atoms with E-state index in [1.165, 1.54) is 6.42 Å². The van der Waals surface area contributed by atoms with Gasteiger partial charge in [-0.25, -0.2) is 0 Å². The molecular formula is C15H25N3O2. The first-order chi connectivity index (χ1) is 9.72. The van der Waals surface area contributed by atoms with Crippen molar-refractivity contribution in [2.75, 3.05) is 13.1 Å². The van der Waals surface area contributed by atoms with Crippen LogP contribution in [0.4, 0.5) is 0 Å². The van der Waals surface area contributed by atoms with E-state index in [1.807, 2.05) is 23.9 Å². The molecule has 1 fully saturated rings. The summed E-state index contributed by atoms with van der Waals surface area (Å²) in [5.74, 6) is 0.0292. The highest BCUT2D eigenvalue weighted by atomic mass is 16.3. The average Bonchev–Trinajstić information content (AvgIpc) is 3.01. The normalized spacial score (nSPS) is 17.9. The standard InChI is InChI=1S/C15H25N3O2/c1-2-17(11-12-18-10-6-9-16-18)15(20)14(19)13-7-4-3-5-8-13/h6,9-10,13-14,19H,2-5,7-8,11-12H2,1H3/t14-/m1/s1. The Labute approximate surface area is 120 Å². The van der Waals surface area contributed by atoms with Crippen LogP contribution in [-0.2, 0) is 11.3 Å². The lowest BCUT2D eigenvalue weighted by atomic mass is 9.85. The molecule has 5 nitrogen and oxygen atoms in total. The molecule has 1 amide bonds. The van der Waals surface area contributed by atoms with E-state index in [0.717, 1.165) is 25.7 Å². The van der Waals surface area contributed by atoms with Crippen LogP contribution < -0.4 is 0 Å². The van der Waals surface area contributed by atoms with Gasteiger partial charge in [-0.2, -0.15) is 5.10 Å². The molecule has 112 valence electrons. The van der Waals surface area contributed by atoms with Crippen LogP contribution >= 0.6 is 0 Å². The summed E-state index contributed by atoms with van der Waals surface area (Å²) in [6, 6.07) is 1.87. The molecule has 1 atom stereocenters. The van der Waals surface area contributed by atoms with Gasteiger partial charge in [0, 0.05) is 25.5 Å². The van der Waals surface area contributed by atoms with Gasteiger partial charge >= 0.3 is 0 Å². The smallest absolute Gasteiger partial charge is 0.251 e. The minimum Gasteiger partial charge on any atom is -0.383 e. The second kappa shape index (κ2) is 7.43. The maximum absolute atomic E-state index is 12.4. The molecule has 0 aromatic carbocycles. The second-order valence-corrected chi connectivity index (χ2v) is 5.53. The number of rotatable bonds is 6. The molecule has 0 unspecified atom stereocenters. The Kier molecular flexibility index (Phi) is 5.59. The minimum atomic E-state index is -0.826. The molecule has 5 heteroatoms. The number of amides is 1. The molecule has 1 aromatic heterocycles. The van der Waals surface area contributed by atoms with Gasteiger partial charge in [-0.05, 0) is 31.7 Å². The first kappa shape index (κ1) is 15.0. The van der Waals surface area contributed by atoms with Crippen LogP contribution in [-0.4, -0.2) is 44.9 Å². The number of aliphatic hydroxyl groups excluding tert-OH is 1. The lowest BCUT2D eigenvalue weighted by Gasteiger charge is -2.30. The quantitative estimate of drug-likeness (QED) is 0.862. The minimum absolute atomic E-state index is 0.119. The Hall–Kier alpha value is -1.36. The number of hydrogen-bond acceptors (Lipinski definition) is 3. The van der Waals surface area contributed by atoms with Gasteiger partial charge in [0.15, 0.2) is 0 Å². The summed E-state index contributed by atoms with van der Waals surface area (Å²) < 4.78 is 1.81. The van der Waals surface area contributed by atoms with Gasteiger partial charge in [0.25, 0.3) is 5.91 Å². The van der Waals surface area contributed by atoms with Gasteiger partial charge in [-0.1, -0.05) is 19.3 Å². The molecule has 2 rings (SSSR count). The van der Waals surface area contributed by atoms with Gasteiger partial charge in [0.1, 0.15) is 6.10 Å². The van der Waals surface area contributed by atoms with Crippen LogP contribution in [0.25, 0.3) is 0 Å². The van der Waals surface area contributed by atoms with E-state index in [1.54, 1.807) is 11.1 Å². The molecule has 1 aromatic rings. The number of likely N-dealkylation sites (N-methyl/N-ethyl adjacent to an activating group) is 1. The molecule has 1 heterocycles. The van der Waals surface area contributed by atoms with Crippen molar-refractivity contribution in [3.63, 3.8) is 0 Å². The van der Waals surface area contributed by atoms with E-state index in [0.29, 0.717) is 19.6 Å². The van der Waals surface area contributed by atoms with Gasteiger partial charge in [0.05, 0.1) is 6.54 Å². The monoisotopic (exact) mass is 279 g/mol. The van der Waals surface area contributed by atoms with Crippen molar-refractivity contribution in [1.82, 2.24) is 14.7 Å². The second-order valence-electron chi connectivity index (χ2n) is 5.53. The number of carbonyl (C=O) groups is 1. The molecule has 0 spiro atoms. The fraction of sp³-hybridized carbons (Fsp3) is 0.733. The maximum atomic E-state index is 12.4. The average molecular weight is 279 g/mol. The summed E-state index contributed by atoms with van der Waals surface area (Å²) in [4.78, 5) is 14.1. The summed E-state index contributed by atoms with van der Waals surface area (Å²) in [7, 11) is 0. The van der Waals surface area contributed by atoms with Crippen LogP contribution in [0, 0.1) is 5.92 Å². The lowest BCUT2D eigenvalue weighted by molar-refractivity contribution is -0.143. The van der Waals surface area contributed by atoms with Crippen molar-refractivity contribution in [1.29, 1.82) is 0 Å². The molecule has 1 aliphatic carbocycles. The van der Waals surface area contributed by atoms with E-state index in [-0.39, 0.29) is 11.8 Å². The molecule has 0 saturated heterocycles. The highest BCUT2D eigenvalue weighted by Gasteiger charge is 2.30. The number of nitrogens with zero attached hydrogens (tertiary/aromatic N) is 3. The van der Waals surface area contributed by atoms with Gasteiger partial charge in [-0.3, -0.25) is 9.48 Å². The SMILES string of the molecule is CCN(CCn1cccn1)C(=O)[C@H](O)C1CCCCC1. The third-order valence-corrected chi connectivity index (χ3v) is 4.20. The lowest BCUT2D eigenvalue weighted by Crippen LogP contribution is -2.44. The molecule has 1 aliphatic rings. The van der Waals surface area contributed by atoms with Crippen molar-refractivity contribution in [2.45, 2.75) is 51.7 Å². The summed E-state index contributed by atoms with van der Waals surface area (Å²) >= 11 is 0. The highest BCUT2D eigenvalue weighted by molar-refractivity contribution is 5.81. The first-order valence-electron chi connectivity index (χ1n) is 7.66. The summed E-state index contributed by atoms with van der Waals surface area (Å²) in [6.45, 7) is 3.85. The van der Waals surface area contributed by atoms with Crippen molar-refractivity contribution in [2.24, 2.45) is 5.92 Å². The Balaban J connectivity index is 1.86. The fourth-order valence-corrected chi connectivity index (χ4v) is 2.92. The van der Waals surface area contributed by atoms with Gasteiger partial charge in [0.2, 0.25) is 0 Å². The van der Waals surface area contributed by atoms with E-state index >= 15 is 0 Å². The zero-order chi connectivity index (χ0) is 14.4. The third-order valence-electron chi connectivity index (χ3n) is 4.20. The Morgan fingerprint density at radius 2 is 2.20 bits per heavy atom. The zero-order valence-electron chi connectivity index (χ0n) is 12.2. The number of aromatic nitrogens is 2. The topological polar surface area (TPSA) is 58.4 Å².